The Morgan fingerprint density at radius 3 is 2.47 bits per heavy atom. The van der Waals surface area contributed by atoms with Crippen LogP contribution < -0.4 is 0 Å². The highest BCUT2D eigenvalue weighted by Crippen LogP contribution is 2.15. The number of para-hydroxylation sites is 2. The first-order valence-corrected chi connectivity index (χ1v) is 6.11. The fourth-order valence-electron chi connectivity index (χ4n) is 1.33. The summed E-state index contributed by atoms with van der Waals surface area (Å²) in [5, 5.41) is 0. The van der Waals surface area contributed by atoms with Crippen molar-refractivity contribution in [2.24, 2.45) is 0 Å². The summed E-state index contributed by atoms with van der Waals surface area (Å²) in [6.07, 6.45) is 2.56. The summed E-state index contributed by atoms with van der Waals surface area (Å²) in [6.45, 7) is 6.21. The summed E-state index contributed by atoms with van der Waals surface area (Å²) >= 11 is 0. The summed E-state index contributed by atoms with van der Waals surface area (Å²) in [6, 6.07) is 7.38. The molecular weight excluding hydrogens is 214 g/mol. The molecule has 0 radical (unpaired) electrons. The molecule has 0 saturated heterocycles. The minimum absolute atomic E-state index is 0.0244. The molecule has 92 valence electrons. The molecule has 2 rings (SSSR count). The predicted octanol–water partition coefficient (Wildman–Crippen LogP) is 4.23. The molecule has 0 N–H and O–H groups in total. The second-order valence-corrected chi connectivity index (χ2v) is 3.87. The number of Topliss-reactive ketones (excluding diaryl/α,β-unsaturated/α-hetero) is 1. The molecule has 0 amide bonds. The lowest BCUT2D eigenvalue weighted by Crippen LogP contribution is -1.97. The molecule has 0 aliphatic rings. The molecule has 0 spiro atoms. The second kappa shape index (κ2) is 6.84. The zero-order chi connectivity index (χ0) is 12.7. The van der Waals surface area contributed by atoms with Gasteiger partial charge in [0.15, 0.2) is 5.58 Å². The van der Waals surface area contributed by atoms with Gasteiger partial charge in [-0.1, -0.05) is 39.3 Å². The highest BCUT2D eigenvalue weighted by Gasteiger charge is 2.12. The standard InChI is InChI=1S/C11H11NO2.C3H8/c1-2-5-9(13)11-12-8-6-3-4-7-10(8)14-11;1-3-2/h3-4,6-7H,2,5H2,1H3;3H2,1-2H3. The summed E-state index contributed by atoms with van der Waals surface area (Å²) in [4.78, 5) is 15.6. The third kappa shape index (κ3) is 3.70. The number of nitrogens with zero attached hydrogens (tertiary/aromatic N) is 1. The van der Waals surface area contributed by atoms with E-state index in [0.717, 1.165) is 11.9 Å². The third-order valence-corrected chi connectivity index (χ3v) is 2.01. The van der Waals surface area contributed by atoms with E-state index in [9.17, 15) is 4.79 Å². The molecule has 0 unspecified atom stereocenters. The number of aromatic nitrogens is 1. The molecule has 3 heteroatoms. The Morgan fingerprint density at radius 2 is 1.88 bits per heavy atom. The van der Waals surface area contributed by atoms with E-state index in [4.69, 9.17) is 4.42 Å². The summed E-state index contributed by atoms with van der Waals surface area (Å²) < 4.78 is 5.32. The quantitative estimate of drug-likeness (QED) is 0.745. The Kier molecular flexibility index (Phi) is 5.40. The summed E-state index contributed by atoms with van der Waals surface area (Å²) in [7, 11) is 0. The molecule has 0 saturated carbocycles. The van der Waals surface area contributed by atoms with Gasteiger partial charge in [0.25, 0.3) is 5.89 Å². The van der Waals surface area contributed by atoms with Crippen molar-refractivity contribution in [2.45, 2.75) is 40.0 Å². The lowest BCUT2D eigenvalue weighted by Gasteiger charge is -1.89. The van der Waals surface area contributed by atoms with Crippen molar-refractivity contribution in [3.05, 3.63) is 30.2 Å². The van der Waals surface area contributed by atoms with Crippen LogP contribution in [0.15, 0.2) is 28.7 Å². The first-order valence-electron chi connectivity index (χ1n) is 6.11. The SMILES string of the molecule is CCC.CCCC(=O)c1nc2ccccc2o1. The molecule has 0 aliphatic heterocycles. The van der Waals surface area contributed by atoms with Crippen molar-refractivity contribution in [1.29, 1.82) is 0 Å². The van der Waals surface area contributed by atoms with Gasteiger partial charge < -0.3 is 4.42 Å². The molecular formula is C14H19NO2. The third-order valence-electron chi connectivity index (χ3n) is 2.01. The fraction of sp³-hybridized carbons (Fsp3) is 0.429. The van der Waals surface area contributed by atoms with E-state index in [1.807, 2.05) is 31.2 Å². The summed E-state index contributed by atoms with van der Waals surface area (Å²) in [5.74, 6) is 0.205. The van der Waals surface area contributed by atoms with Crippen LogP contribution in [-0.4, -0.2) is 10.8 Å². The smallest absolute Gasteiger partial charge is 0.264 e. The average Bonchev–Trinajstić information content (AvgIpc) is 2.74. The van der Waals surface area contributed by atoms with Crippen molar-refractivity contribution in [2.75, 3.05) is 0 Å². The molecule has 2 aromatic rings. The van der Waals surface area contributed by atoms with Crippen LogP contribution in [-0.2, 0) is 0 Å². The van der Waals surface area contributed by atoms with Crippen LogP contribution in [0.2, 0.25) is 0 Å². The van der Waals surface area contributed by atoms with E-state index in [1.165, 1.54) is 6.42 Å². The van der Waals surface area contributed by atoms with E-state index >= 15 is 0 Å². The van der Waals surface area contributed by atoms with E-state index in [1.54, 1.807) is 0 Å². The number of fused-ring (bicyclic) bond motifs is 1. The molecule has 17 heavy (non-hydrogen) atoms. The van der Waals surface area contributed by atoms with Crippen LogP contribution in [0.1, 0.15) is 50.7 Å². The topological polar surface area (TPSA) is 43.1 Å². The molecule has 0 aliphatic carbocycles. The van der Waals surface area contributed by atoms with Crippen LogP contribution in [0.3, 0.4) is 0 Å². The Balaban J connectivity index is 0.000000437. The number of carbonyl (C=O) groups excluding carboxylic acids is 1. The highest BCUT2D eigenvalue weighted by atomic mass is 16.4. The maximum absolute atomic E-state index is 11.5. The van der Waals surface area contributed by atoms with Crippen LogP contribution >= 0.6 is 0 Å². The summed E-state index contributed by atoms with van der Waals surface area (Å²) in [5.41, 5.74) is 1.42. The Hall–Kier alpha value is -1.64. The Bertz CT molecular complexity index is 441. The van der Waals surface area contributed by atoms with Crippen molar-refractivity contribution >= 4 is 16.9 Å². The lowest BCUT2D eigenvalue weighted by molar-refractivity contribution is 0.0950. The number of hydrogen-bond acceptors (Lipinski definition) is 3. The zero-order valence-electron chi connectivity index (χ0n) is 10.7. The number of ketones is 1. The molecule has 0 fully saturated rings. The molecule has 1 heterocycles. The maximum atomic E-state index is 11.5. The highest BCUT2D eigenvalue weighted by molar-refractivity contribution is 5.93. The number of oxazole rings is 1. The van der Waals surface area contributed by atoms with Crippen molar-refractivity contribution in [1.82, 2.24) is 4.98 Å². The van der Waals surface area contributed by atoms with Gasteiger partial charge in [-0.05, 0) is 18.6 Å². The second-order valence-electron chi connectivity index (χ2n) is 3.87. The largest absolute Gasteiger partial charge is 0.434 e. The van der Waals surface area contributed by atoms with E-state index in [0.29, 0.717) is 12.0 Å². The predicted molar refractivity (Wildman–Crippen MR) is 69.2 cm³/mol. The van der Waals surface area contributed by atoms with Gasteiger partial charge in [0.05, 0.1) is 0 Å². The molecule has 1 aromatic heterocycles. The van der Waals surface area contributed by atoms with Gasteiger partial charge >= 0.3 is 0 Å². The molecule has 1 aromatic carbocycles. The van der Waals surface area contributed by atoms with Crippen molar-refractivity contribution in [3.63, 3.8) is 0 Å². The average molecular weight is 233 g/mol. The van der Waals surface area contributed by atoms with Gasteiger partial charge in [0, 0.05) is 6.42 Å². The molecule has 0 bridgehead atoms. The number of hydrogen-bond donors (Lipinski definition) is 0. The number of benzene rings is 1. The van der Waals surface area contributed by atoms with Gasteiger partial charge in [-0.25, -0.2) is 4.98 Å². The minimum Gasteiger partial charge on any atom is -0.434 e. The monoisotopic (exact) mass is 233 g/mol. The zero-order valence-corrected chi connectivity index (χ0v) is 10.7. The van der Waals surface area contributed by atoms with Gasteiger partial charge in [-0.3, -0.25) is 4.79 Å². The number of rotatable bonds is 3. The van der Waals surface area contributed by atoms with E-state index in [2.05, 4.69) is 18.8 Å². The fourth-order valence-corrected chi connectivity index (χ4v) is 1.33. The first-order chi connectivity index (χ1) is 8.22. The molecule has 3 nitrogen and oxygen atoms in total. The van der Waals surface area contributed by atoms with Gasteiger partial charge in [0.2, 0.25) is 5.78 Å². The van der Waals surface area contributed by atoms with E-state index < -0.39 is 0 Å². The Morgan fingerprint density at radius 1 is 1.24 bits per heavy atom. The first kappa shape index (κ1) is 13.4. The lowest BCUT2D eigenvalue weighted by atomic mass is 10.2. The Labute approximate surface area is 102 Å². The maximum Gasteiger partial charge on any atom is 0.264 e. The van der Waals surface area contributed by atoms with Crippen LogP contribution in [0.5, 0.6) is 0 Å². The minimum atomic E-state index is -0.0244. The molecule has 0 atom stereocenters. The van der Waals surface area contributed by atoms with Crippen LogP contribution in [0, 0.1) is 0 Å². The number of carbonyl (C=O) groups is 1. The van der Waals surface area contributed by atoms with Gasteiger partial charge in [-0.15, -0.1) is 0 Å². The van der Waals surface area contributed by atoms with Gasteiger partial charge in [-0.2, -0.15) is 0 Å². The van der Waals surface area contributed by atoms with Crippen molar-refractivity contribution < 1.29 is 9.21 Å². The van der Waals surface area contributed by atoms with Crippen LogP contribution in [0.25, 0.3) is 11.1 Å². The van der Waals surface area contributed by atoms with Crippen LogP contribution in [0.4, 0.5) is 0 Å². The van der Waals surface area contributed by atoms with Crippen molar-refractivity contribution in [3.8, 4) is 0 Å². The van der Waals surface area contributed by atoms with E-state index in [-0.39, 0.29) is 11.7 Å². The van der Waals surface area contributed by atoms with Gasteiger partial charge in [0.1, 0.15) is 5.52 Å². The normalized spacial score (nSPS) is 9.82.